The zero-order valence-corrected chi connectivity index (χ0v) is 14.5. The Balaban J connectivity index is 1.54. The number of carbonyl (C=O) groups is 2. The van der Waals surface area contributed by atoms with E-state index in [0.29, 0.717) is 17.7 Å². The van der Waals surface area contributed by atoms with Crippen LogP contribution >= 0.6 is 0 Å². The molecule has 0 aliphatic rings. The van der Waals surface area contributed by atoms with Gasteiger partial charge in [-0.3, -0.25) is 25.1 Å². The number of hydrogen-bond donors (Lipinski definition) is 2. The van der Waals surface area contributed by atoms with Gasteiger partial charge in [0.05, 0.1) is 6.54 Å². The maximum absolute atomic E-state index is 12.2. The van der Waals surface area contributed by atoms with E-state index in [4.69, 9.17) is 0 Å². The average molecular weight is 348 g/mol. The molecule has 0 spiro atoms. The van der Waals surface area contributed by atoms with E-state index in [-0.39, 0.29) is 11.8 Å². The summed E-state index contributed by atoms with van der Waals surface area (Å²) in [5, 5.41) is 4.15. The second-order valence-corrected chi connectivity index (χ2v) is 5.86. The highest BCUT2D eigenvalue weighted by Gasteiger charge is 2.09. The Morgan fingerprint density at radius 1 is 0.885 bits per heavy atom. The van der Waals surface area contributed by atoms with Crippen molar-refractivity contribution in [3.8, 4) is 0 Å². The highest BCUT2D eigenvalue weighted by Crippen LogP contribution is 2.07. The van der Waals surface area contributed by atoms with Crippen molar-refractivity contribution in [2.75, 3.05) is 0 Å². The molecule has 3 aromatic rings. The van der Waals surface area contributed by atoms with Crippen molar-refractivity contribution in [3.05, 3.63) is 89.2 Å². The molecule has 2 N–H and O–H groups in total. The molecule has 0 unspecified atom stereocenters. The van der Waals surface area contributed by atoms with Gasteiger partial charge in [0.25, 0.3) is 11.8 Å². The van der Waals surface area contributed by atoms with Crippen LogP contribution in [0.5, 0.6) is 0 Å². The van der Waals surface area contributed by atoms with Crippen molar-refractivity contribution in [2.45, 2.75) is 19.9 Å². The quantitative estimate of drug-likeness (QED) is 0.696. The number of amides is 2. The lowest BCUT2D eigenvalue weighted by Crippen LogP contribution is -2.41. The lowest BCUT2D eigenvalue weighted by Gasteiger charge is -2.08. The van der Waals surface area contributed by atoms with Gasteiger partial charge in [-0.15, -0.1) is 0 Å². The first-order valence-electron chi connectivity index (χ1n) is 8.41. The molecule has 0 radical (unpaired) electrons. The molecule has 0 bridgehead atoms. The second-order valence-electron chi connectivity index (χ2n) is 5.86. The van der Waals surface area contributed by atoms with Gasteiger partial charge in [-0.05, 0) is 47.9 Å². The van der Waals surface area contributed by atoms with Crippen molar-refractivity contribution < 1.29 is 9.59 Å². The van der Waals surface area contributed by atoms with E-state index in [0.717, 1.165) is 17.5 Å². The van der Waals surface area contributed by atoms with Gasteiger partial charge >= 0.3 is 0 Å². The van der Waals surface area contributed by atoms with Crippen molar-refractivity contribution in [1.82, 2.24) is 20.6 Å². The largest absolute Gasteiger partial charge is 0.269 e. The van der Waals surface area contributed by atoms with Crippen LogP contribution in [0.2, 0.25) is 0 Å². The number of hydrogen-bond acceptors (Lipinski definition) is 3. The zero-order valence-electron chi connectivity index (χ0n) is 14.5. The summed E-state index contributed by atoms with van der Waals surface area (Å²) in [6.07, 6.45) is 4.51. The number of benzene rings is 2. The molecule has 1 heterocycles. The Kier molecular flexibility index (Phi) is 5.43. The highest BCUT2D eigenvalue weighted by atomic mass is 16.2. The fourth-order valence-electron chi connectivity index (χ4n) is 2.49. The number of aryl methyl sites for hydroxylation is 1. The predicted molar refractivity (Wildman–Crippen MR) is 98.5 cm³/mol. The van der Waals surface area contributed by atoms with Gasteiger partial charge in [0.15, 0.2) is 0 Å². The van der Waals surface area contributed by atoms with Crippen molar-refractivity contribution in [3.63, 3.8) is 0 Å². The third kappa shape index (κ3) is 4.36. The molecule has 26 heavy (non-hydrogen) atoms. The number of hydrazine groups is 1. The summed E-state index contributed by atoms with van der Waals surface area (Å²) in [6, 6.07) is 16.3. The Morgan fingerprint density at radius 2 is 1.42 bits per heavy atom. The average Bonchev–Trinajstić information content (AvgIpc) is 3.19. The number of carbonyl (C=O) groups excluding carboxylic acids is 2. The van der Waals surface area contributed by atoms with E-state index in [2.05, 4.69) is 22.9 Å². The van der Waals surface area contributed by atoms with Crippen LogP contribution in [-0.2, 0) is 13.0 Å². The molecule has 132 valence electrons. The third-order valence-electron chi connectivity index (χ3n) is 4.03. The van der Waals surface area contributed by atoms with Crippen LogP contribution in [0, 0.1) is 0 Å². The molecule has 0 saturated heterocycles. The van der Waals surface area contributed by atoms with Crippen LogP contribution in [0.25, 0.3) is 0 Å². The van der Waals surface area contributed by atoms with Gasteiger partial charge in [0.2, 0.25) is 0 Å². The molecule has 1 aromatic heterocycles. The molecule has 6 nitrogen and oxygen atoms in total. The maximum Gasteiger partial charge on any atom is 0.269 e. The van der Waals surface area contributed by atoms with Crippen molar-refractivity contribution in [1.29, 1.82) is 0 Å². The minimum atomic E-state index is -0.367. The Morgan fingerprint density at radius 3 is 1.88 bits per heavy atom. The van der Waals surface area contributed by atoms with Gasteiger partial charge in [-0.2, -0.15) is 5.10 Å². The molecule has 3 rings (SSSR count). The summed E-state index contributed by atoms with van der Waals surface area (Å²) in [6.45, 7) is 2.69. The number of nitrogens with one attached hydrogen (secondary N) is 2. The van der Waals surface area contributed by atoms with Crippen LogP contribution in [0.1, 0.15) is 38.8 Å². The van der Waals surface area contributed by atoms with Crippen LogP contribution in [0.15, 0.2) is 67.0 Å². The summed E-state index contributed by atoms with van der Waals surface area (Å²) in [5.74, 6) is -0.717. The fourth-order valence-corrected chi connectivity index (χ4v) is 2.49. The monoisotopic (exact) mass is 348 g/mol. The molecular weight excluding hydrogens is 328 g/mol. The minimum Gasteiger partial charge on any atom is -0.268 e. The second kappa shape index (κ2) is 8.11. The summed E-state index contributed by atoms with van der Waals surface area (Å²) in [4.78, 5) is 24.2. The van der Waals surface area contributed by atoms with Crippen molar-refractivity contribution in [2.24, 2.45) is 0 Å². The van der Waals surface area contributed by atoms with Gasteiger partial charge in [0, 0.05) is 23.5 Å². The lowest BCUT2D eigenvalue weighted by atomic mass is 10.1. The molecule has 0 atom stereocenters. The molecule has 0 aliphatic heterocycles. The Bertz CT molecular complexity index is 869. The molecule has 0 fully saturated rings. The van der Waals surface area contributed by atoms with E-state index >= 15 is 0 Å². The van der Waals surface area contributed by atoms with E-state index in [1.54, 1.807) is 35.1 Å². The fraction of sp³-hybridized carbons (Fsp3) is 0.150. The maximum atomic E-state index is 12.2. The lowest BCUT2D eigenvalue weighted by molar-refractivity contribution is 0.0846. The summed E-state index contributed by atoms with van der Waals surface area (Å²) < 4.78 is 1.80. The van der Waals surface area contributed by atoms with Gasteiger partial charge in [0.1, 0.15) is 0 Å². The molecular formula is C20H20N4O2. The number of nitrogens with zero attached hydrogens (tertiary/aromatic N) is 2. The molecule has 6 heteroatoms. The summed E-state index contributed by atoms with van der Waals surface area (Å²) >= 11 is 0. The molecule has 0 aliphatic carbocycles. The smallest absolute Gasteiger partial charge is 0.268 e. The van der Waals surface area contributed by atoms with Gasteiger partial charge in [-0.25, -0.2) is 0 Å². The summed E-state index contributed by atoms with van der Waals surface area (Å²) in [5.41, 5.74) is 8.02. The number of rotatable bonds is 5. The predicted octanol–water partition coefficient (Wildman–Crippen LogP) is 2.57. The summed E-state index contributed by atoms with van der Waals surface area (Å²) in [7, 11) is 0. The zero-order chi connectivity index (χ0) is 18.4. The van der Waals surface area contributed by atoms with E-state index in [9.17, 15) is 9.59 Å². The van der Waals surface area contributed by atoms with Crippen LogP contribution in [0.3, 0.4) is 0 Å². The van der Waals surface area contributed by atoms with Gasteiger partial charge in [-0.1, -0.05) is 31.2 Å². The van der Waals surface area contributed by atoms with E-state index in [1.807, 2.05) is 36.5 Å². The number of aromatic nitrogens is 2. The third-order valence-corrected chi connectivity index (χ3v) is 4.03. The Labute approximate surface area is 151 Å². The molecule has 0 saturated carbocycles. The topological polar surface area (TPSA) is 76.0 Å². The SMILES string of the molecule is CCc1ccc(C(=O)NNC(=O)c2ccc(Cn3cccn3)cc2)cc1. The van der Waals surface area contributed by atoms with E-state index in [1.165, 1.54) is 0 Å². The first kappa shape index (κ1) is 17.4. The van der Waals surface area contributed by atoms with Crippen LogP contribution < -0.4 is 10.9 Å². The standard InChI is InChI=1S/C20H20N4O2/c1-2-15-4-8-17(9-5-15)19(25)22-23-20(26)18-10-6-16(7-11-18)14-24-13-3-12-21-24/h3-13H,2,14H2,1H3,(H,22,25)(H,23,26). The van der Waals surface area contributed by atoms with Crippen LogP contribution in [-0.4, -0.2) is 21.6 Å². The molecule has 2 aromatic carbocycles. The molecule has 2 amide bonds. The normalized spacial score (nSPS) is 10.3. The van der Waals surface area contributed by atoms with Crippen LogP contribution in [0.4, 0.5) is 0 Å². The first-order valence-corrected chi connectivity index (χ1v) is 8.41. The Hall–Kier alpha value is -3.41. The first-order chi connectivity index (χ1) is 12.7. The van der Waals surface area contributed by atoms with Crippen molar-refractivity contribution >= 4 is 11.8 Å². The highest BCUT2D eigenvalue weighted by molar-refractivity contribution is 5.99. The minimum absolute atomic E-state index is 0.351. The van der Waals surface area contributed by atoms with Gasteiger partial charge < -0.3 is 0 Å². The van der Waals surface area contributed by atoms with E-state index < -0.39 is 0 Å².